The topological polar surface area (TPSA) is 35.0 Å². The quantitative estimate of drug-likeness (QED) is 0.169. The number of benzene rings is 7. The summed E-state index contributed by atoms with van der Waals surface area (Å²) in [7, 11) is 0. The lowest BCUT2D eigenvalue weighted by molar-refractivity contribution is 0.207. The van der Waals surface area contributed by atoms with Gasteiger partial charge >= 0.3 is 0 Å². The number of fused-ring (bicyclic) bond motifs is 11. The maximum absolute atomic E-state index is 6.81. The fraction of sp³-hybridized carbons (Fsp3) is 0.193. The first-order valence-electron chi connectivity index (χ1n) is 21.9. The van der Waals surface area contributed by atoms with Gasteiger partial charge in [0.2, 0.25) is 0 Å². The van der Waals surface area contributed by atoms with E-state index in [2.05, 4.69) is 183 Å². The van der Waals surface area contributed by atoms with E-state index in [1.54, 1.807) is 0 Å². The van der Waals surface area contributed by atoms with Gasteiger partial charge in [-0.3, -0.25) is 0 Å². The van der Waals surface area contributed by atoms with Gasteiger partial charge in [0.25, 0.3) is 0 Å². The van der Waals surface area contributed by atoms with Crippen molar-refractivity contribution in [3.05, 3.63) is 204 Å². The van der Waals surface area contributed by atoms with E-state index in [1.165, 1.54) is 77.5 Å². The first-order chi connectivity index (χ1) is 29.6. The van der Waals surface area contributed by atoms with Crippen LogP contribution >= 0.6 is 0 Å². The van der Waals surface area contributed by atoms with Crippen LogP contribution in [0.5, 0.6) is 11.5 Å². The Bertz CT molecular complexity index is 2870. The summed E-state index contributed by atoms with van der Waals surface area (Å²) in [6.45, 7) is 2.39. The summed E-state index contributed by atoms with van der Waals surface area (Å²) in [6.07, 6.45) is 8.13. The van der Waals surface area contributed by atoms with Crippen LogP contribution in [0.2, 0.25) is 0 Å². The van der Waals surface area contributed by atoms with E-state index in [0.29, 0.717) is 5.41 Å². The van der Waals surface area contributed by atoms with Crippen molar-refractivity contribution in [1.82, 2.24) is 9.97 Å². The summed E-state index contributed by atoms with van der Waals surface area (Å²) in [5.41, 5.74) is 16.1. The molecule has 2 atom stereocenters. The lowest BCUT2D eigenvalue weighted by Crippen LogP contribution is -2.33. The van der Waals surface area contributed by atoms with Crippen molar-refractivity contribution in [2.75, 3.05) is 0 Å². The minimum absolute atomic E-state index is 0.297. The second-order valence-electron chi connectivity index (χ2n) is 17.7. The number of para-hydroxylation sites is 1. The van der Waals surface area contributed by atoms with Crippen LogP contribution < -0.4 is 4.74 Å². The molecule has 0 saturated heterocycles. The van der Waals surface area contributed by atoms with E-state index in [4.69, 9.17) is 14.7 Å². The summed E-state index contributed by atoms with van der Waals surface area (Å²) >= 11 is 0. The summed E-state index contributed by atoms with van der Waals surface area (Å²) in [5.74, 6) is 4.33. The average molecular weight is 775 g/mol. The number of aromatic nitrogens is 2. The van der Waals surface area contributed by atoms with Crippen LogP contribution in [0.3, 0.4) is 0 Å². The molecule has 3 nitrogen and oxygen atoms in total. The predicted octanol–water partition coefficient (Wildman–Crippen LogP) is 14.5. The number of hydrogen-bond acceptors (Lipinski definition) is 3. The van der Waals surface area contributed by atoms with Crippen LogP contribution in [0.15, 0.2) is 176 Å². The fourth-order valence-corrected chi connectivity index (χ4v) is 11.8. The average Bonchev–Trinajstić information content (AvgIpc) is 3.82. The lowest BCUT2D eigenvalue weighted by atomic mass is 9.64. The van der Waals surface area contributed by atoms with E-state index >= 15 is 0 Å². The molecule has 3 heteroatoms. The zero-order valence-corrected chi connectivity index (χ0v) is 33.9. The van der Waals surface area contributed by atoms with Crippen LogP contribution in [0.25, 0.3) is 56.2 Å². The molecule has 1 spiro atoms. The van der Waals surface area contributed by atoms with E-state index in [9.17, 15) is 0 Å². The molecule has 3 aliphatic carbocycles. The number of hydrogen-bond donors (Lipinski definition) is 0. The molecule has 4 aliphatic rings. The molecule has 2 fully saturated rings. The highest BCUT2D eigenvalue weighted by molar-refractivity contribution is 5.89. The van der Waals surface area contributed by atoms with Crippen molar-refractivity contribution < 1.29 is 4.74 Å². The Kier molecular flexibility index (Phi) is 8.10. The third-order valence-electron chi connectivity index (χ3n) is 14.6. The third-order valence-corrected chi connectivity index (χ3v) is 14.6. The van der Waals surface area contributed by atoms with Crippen LogP contribution in [0, 0.1) is 11.8 Å². The van der Waals surface area contributed by atoms with E-state index < -0.39 is 5.41 Å². The number of ether oxygens (including phenoxy) is 1. The molecule has 7 aromatic carbocycles. The summed E-state index contributed by atoms with van der Waals surface area (Å²) < 4.78 is 6.81. The molecular weight excluding hydrogens is 729 g/mol. The molecule has 1 aliphatic heterocycles. The van der Waals surface area contributed by atoms with Crippen molar-refractivity contribution >= 4 is 0 Å². The fourth-order valence-electron chi connectivity index (χ4n) is 11.8. The van der Waals surface area contributed by atoms with Gasteiger partial charge in [-0.2, -0.15) is 0 Å². The Balaban J connectivity index is 0.910. The standard InChI is InChI=1S/C57H46N2O/c1-2-56(35-37-20-21-38(32-37)36-56)44-29-26-42(27-30-44)55-58-51(40-12-4-3-5-13-40)34-52(59-55)41-24-22-39(23-25-41)43-28-31-50-54(33-43)60-53-19-11-10-18-49(53)57(50)47-16-8-6-14-45(47)46-15-7-9-17-48(46)57/h3-19,22-31,33-34,37-38H,2,20-21,32,35-36H2,1H3/t37-,38-/m1/s1. The van der Waals surface area contributed by atoms with Gasteiger partial charge in [0.1, 0.15) is 11.5 Å². The molecule has 1 aromatic heterocycles. The maximum atomic E-state index is 6.81. The second-order valence-corrected chi connectivity index (χ2v) is 17.7. The lowest BCUT2D eigenvalue weighted by Gasteiger charge is -2.41. The van der Waals surface area contributed by atoms with E-state index in [1.807, 2.05) is 0 Å². The first kappa shape index (κ1) is 35.4. The Labute approximate surface area is 352 Å². The zero-order valence-electron chi connectivity index (χ0n) is 33.9. The zero-order chi connectivity index (χ0) is 39.8. The monoisotopic (exact) mass is 774 g/mol. The molecule has 0 radical (unpaired) electrons. The normalized spacial score (nSPS) is 20.1. The van der Waals surface area contributed by atoms with Crippen LogP contribution in [0.4, 0.5) is 0 Å². The molecule has 8 aromatic rings. The number of rotatable bonds is 6. The van der Waals surface area contributed by atoms with Gasteiger partial charge in [-0.25, -0.2) is 9.97 Å². The summed E-state index contributed by atoms with van der Waals surface area (Å²) in [5, 5.41) is 0. The van der Waals surface area contributed by atoms with Crippen molar-refractivity contribution in [3.63, 3.8) is 0 Å². The molecular formula is C57H46N2O. The summed E-state index contributed by atoms with van der Waals surface area (Å²) in [6, 6.07) is 63.8. The largest absolute Gasteiger partial charge is 0.457 e. The maximum Gasteiger partial charge on any atom is 0.160 e. The Morgan fingerprint density at radius 2 is 1.02 bits per heavy atom. The van der Waals surface area contributed by atoms with Crippen molar-refractivity contribution in [2.24, 2.45) is 11.8 Å². The van der Waals surface area contributed by atoms with Gasteiger partial charge in [-0.05, 0) is 100 Å². The Morgan fingerprint density at radius 1 is 0.483 bits per heavy atom. The van der Waals surface area contributed by atoms with E-state index in [0.717, 1.165) is 68.4 Å². The highest BCUT2D eigenvalue weighted by atomic mass is 16.5. The molecule has 0 N–H and O–H groups in total. The highest BCUT2D eigenvalue weighted by Crippen LogP contribution is 2.62. The molecule has 2 saturated carbocycles. The smallest absolute Gasteiger partial charge is 0.160 e. The van der Waals surface area contributed by atoms with Crippen molar-refractivity contribution in [1.29, 1.82) is 0 Å². The van der Waals surface area contributed by atoms with E-state index in [-0.39, 0.29) is 0 Å². The Morgan fingerprint density at radius 3 is 1.68 bits per heavy atom. The highest BCUT2D eigenvalue weighted by Gasteiger charge is 2.51. The van der Waals surface area contributed by atoms with Gasteiger partial charge in [-0.15, -0.1) is 0 Å². The molecule has 12 rings (SSSR count). The summed E-state index contributed by atoms with van der Waals surface area (Å²) in [4.78, 5) is 10.4. The van der Waals surface area contributed by atoms with Crippen LogP contribution in [-0.2, 0) is 10.8 Å². The van der Waals surface area contributed by atoms with Gasteiger partial charge in [0, 0.05) is 27.8 Å². The van der Waals surface area contributed by atoms with Gasteiger partial charge in [0.05, 0.1) is 16.8 Å². The molecule has 0 amide bonds. The minimum Gasteiger partial charge on any atom is -0.457 e. The van der Waals surface area contributed by atoms with Crippen molar-refractivity contribution in [3.8, 4) is 67.7 Å². The molecule has 60 heavy (non-hydrogen) atoms. The van der Waals surface area contributed by atoms with Gasteiger partial charge in [-0.1, -0.05) is 177 Å². The SMILES string of the molecule is CCC1(c2ccc(-c3nc(-c4ccccc4)cc(-c4ccc(-c5ccc6c(c5)Oc5ccccc5C65c6ccccc6-c6ccccc65)cc4)n3)cc2)C[C@@H]2CC[C@H](C2)C1. The van der Waals surface area contributed by atoms with Gasteiger partial charge < -0.3 is 4.74 Å². The molecule has 2 bridgehead atoms. The van der Waals surface area contributed by atoms with Crippen LogP contribution in [0.1, 0.15) is 73.3 Å². The number of nitrogens with zero attached hydrogens (tertiary/aromatic N) is 2. The molecule has 290 valence electrons. The van der Waals surface area contributed by atoms with Gasteiger partial charge in [0.15, 0.2) is 5.82 Å². The van der Waals surface area contributed by atoms with Crippen molar-refractivity contribution in [2.45, 2.75) is 56.3 Å². The predicted molar refractivity (Wildman–Crippen MR) is 243 cm³/mol. The molecule has 0 unspecified atom stereocenters. The first-order valence-corrected chi connectivity index (χ1v) is 21.9. The second kappa shape index (κ2) is 13.7. The van der Waals surface area contributed by atoms with Crippen LogP contribution in [-0.4, -0.2) is 9.97 Å². The minimum atomic E-state index is -0.464. The Hall–Kier alpha value is -6.58. The molecule has 2 heterocycles. The third kappa shape index (κ3) is 5.41.